The van der Waals surface area contributed by atoms with Crippen molar-refractivity contribution in [2.45, 2.75) is 6.43 Å². The van der Waals surface area contributed by atoms with E-state index in [4.69, 9.17) is 5.11 Å². The number of aromatic amines is 1. The molecule has 0 aliphatic rings. The summed E-state index contributed by atoms with van der Waals surface area (Å²) in [6.45, 7) is 0. The molecule has 0 bridgehead atoms. The van der Waals surface area contributed by atoms with E-state index < -0.39 is 23.3 Å². The lowest BCUT2D eigenvalue weighted by Crippen LogP contribution is -2.10. The molecule has 0 aliphatic heterocycles. The van der Waals surface area contributed by atoms with E-state index in [1.165, 1.54) is 22.6 Å². The molecule has 1 aromatic heterocycles. The lowest BCUT2D eigenvalue weighted by molar-refractivity contribution is 0.146. The van der Waals surface area contributed by atoms with Crippen molar-refractivity contribution in [2.24, 2.45) is 0 Å². The number of nitrogens with one attached hydrogen (secondary N) is 1. The highest BCUT2D eigenvalue weighted by Crippen LogP contribution is 2.28. The minimum Gasteiger partial charge on any atom is -0.506 e. The van der Waals surface area contributed by atoms with Gasteiger partial charge in [-0.1, -0.05) is 0 Å². The third-order valence-corrected chi connectivity index (χ3v) is 2.28. The topological polar surface area (TPSA) is 53.1 Å². The van der Waals surface area contributed by atoms with Gasteiger partial charge in [-0.05, 0) is 22.6 Å². The molecule has 2 N–H and O–H groups in total. The Bertz CT molecular complexity index is 350. The van der Waals surface area contributed by atoms with Crippen LogP contribution < -0.4 is 5.56 Å². The summed E-state index contributed by atoms with van der Waals surface area (Å²) in [6.07, 6.45) is -1.97. The summed E-state index contributed by atoms with van der Waals surface area (Å²) >= 11 is 1.50. The molecule has 1 rings (SSSR count). The Hall–Kier alpha value is -0.660. The Morgan fingerprint density at radius 3 is 2.67 bits per heavy atom. The lowest BCUT2D eigenvalue weighted by Gasteiger charge is -2.02. The number of aromatic hydroxyl groups is 1. The molecule has 1 aromatic rings. The highest BCUT2D eigenvalue weighted by atomic mass is 127. The monoisotopic (exact) mass is 287 g/mol. The number of hydrogen-bond acceptors (Lipinski definition) is 2. The molecule has 12 heavy (non-hydrogen) atoms. The van der Waals surface area contributed by atoms with Crippen molar-refractivity contribution < 1.29 is 13.9 Å². The largest absolute Gasteiger partial charge is 0.506 e. The Morgan fingerprint density at radius 1 is 1.58 bits per heavy atom. The van der Waals surface area contributed by atoms with Crippen molar-refractivity contribution in [1.29, 1.82) is 0 Å². The van der Waals surface area contributed by atoms with Crippen LogP contribution in [0.2, 0.25) is 0 Å². The molecule has 66 valence electrons. The molecule has 6 heteroatoms. The fourth-order valence-electron chi connectivity index (χ4n) is 0.676. The molecule has 0 fully saturated rings. The SMILES string of the molecule is O=c1[nH]cc(C(F)F)c(O)c1I. The zero-order valence-corrected chi connectivity index (χ0v) is 7.80. The van der Waals surface area contributed by atoms with Crippen molar-refractivity contribution in [3.05, 3.63) is 25.7 Å². The quantitative estimate of drug-likeness (QED) is 0.771. The van der Waals surface area contributed by atoms with Gasteiger partial charge in [-0.2, -0.15) is 0 Å². The highest BCUT2D eigenvalue weighted by molar-refractivity contribution is 14.1. The maximum Gasteiger partial charge on any atom is 0.268 e. The Labute approximate surface area is 79.6 Å². The van der Waals surface area contributed by atoms with Crippen LogP contribution in [0.4, 0.5) is 8.78 Å². The predicted molar refractivity (Wildman–Crippen MR) is 46.4 cm³/mol. The average molecular weight is 287 g/mol. The normalized spacial score (nSPS) is 10.7. The Balaban J connectivity index is 3.36. The van der Waals surface area contributed by atoms with Crippen molar-refractivity contribution in [2.75, 3.05) is 0 Å². The first-order chi connectivity index (χ1) is 5.54. The van der Waals surface area contributed by atoms with E-state index in [0.717, 1.165) is 6.20 Å². The molecule has 0 aromatic carbocycles. The first kappa shape index (κ1) is 9.43. The first-order valence-corrected chi connectivity index (χ1v) is 4.00. The van der Waals surface area contributed by atoms with Crippen molar-refractivity contribution in [3.8, 4) is 5.75 Å². The average Bonchev–Trinajstić information content (AvgIpc) is 2.00. The molecule has 0 atom stereocenters. The van der Waals surface area contributed by atoms with E-state index in [0.29, 0.717) is 0 Å². The van der Waals surface area contributed by atoms with Gasteiger partial charge in [-0.3, -0.25) is 4.79 Å². The Kier molecular flexibility index (Phi) is 2.65. The van der Waals surface area contributed by atoms with Gasteiger partial charge in [0.15, 0.2) is 0 Å². The molecule has 0 aliphatic carbocycles. The van der Waals surface area contributed by atoms with E-state index in [9.17, 15) is 13.6 Å². The van der Waals surface area contributed by atoms with E-state index in [-0.39, 0.29) is 3.57 Å². The second-order valence-electron chi connectivity index (χ2n) is 2.04. The third kappa shape index (κ3) is 1.57. The zero-order chi connectivity index (χ0) is 9.30. The molecule has 3 nitrogen and oxygen atoms in total. The molecular weight excluding hydrogens is 283 g/mol. The smallest absolute Gasteiger partial charge is 0.268 e. The van der Waals surface area contributed by atoms with E-state index >= 15 is 0 Å². The van der Waals surface area contributed by atoms with Gasteiger partial charge in [0.2, 0.25) is 0 Å². The minimum atomic E-state index is -2.78. The molecular formula is C6H4F2INO2. The number of pyridine rings is 1. The summed E-state index contributed by atoms with van der Waals surface area (Å²) < 4.78 is 24.0. The van der Waals surface area contributed by atoms with Crippen LogP contribution in [-0.4, -0.2) is 10.1 Å². The van der Waals surface area contributed by atoms with Gasteiger partial charge in [-0.15, -0.1) is 0 Å². The summed E-state index contributed by atoms with van der Waals surface area (Å²) in [7, 11) is 0. The molecule has 0 saturated carbocycles. The van der Waals surface area contributed by atoms with Crippen LogP contribution in [0.15, 0.2) is 11.0 Å². The van der Waals surface area contributed by atoms with Gasteiger partial charge in [-0.25, -0.2) is 8.78 Å². The van der Waals surface area contributed by atoms with E-state index in [1.54, 1.807) is 0 Å². The van der Waals surface area contributed by atoms with Gasteiger partial charge in [0.05, 0.1) is 5.56 Å². The van der Waals surface area contributed by atoms with Crippen LogP contribution in [0.5, 0.6) is 5.75 Å². The van der Waals surface area contributed by atoms with Gasteiger partial charge in [0, 0.05) is 6.20 Å². The number of aromatic nitrogens is 1. The number of hydrogen-bond donors (Lipinski definition) is 2. The van der Waals surface area contributed by atoms with E-state index in [2.05, 4.69) is 4.98 Å². The van der Waals surface area contributed by atoms with Crippen LogP contribution in [0.25, 0.3) is 0 Å². The van der Waals surface area contributed by atoms with Crippen LogP contribution in [0.1, 0.15) is 12.0 Å². The summed E-state index contributed by atoms with van der Waals surface area (Å²) in [5.41, 5.74) is -1.13. The molecule has 0 unspecified atom stereocenters. The minimum absolute atomic E-state index is 0.120. The molecule has 0 amide bonds. The van der Waals surface area contributed by atoms with Crippen LogP contribution in [-0.2, 0) is 0 Å². The van der Waals surface area contributed by atoms with Gasteiger partial charge >= 0.3 is 0 Å². The van der Waals surface area contributed by atoms with Crippen LogP contribution in [0, 0.1) is 3.57 Å². The zero-order valence-electron chi connectivity index (χ0n) is 5.64. The summed E-state index contributed by atoms with van der Waals surface area (Å²) in [4.78, 5) is 12.8. The summed E-state index contributed by atoms with van der Waals surface area (Å²) in [5, 5.41) is 9.04. The Morgan fingerprint density at radius 2 is 2.17 bits per heavy atom. The van der Waals surface area contributed by atoms with Crippen molar-refractivity contribution in [3.63, 3.8) is 0 Å². The first-order valence-electron chi connectivity index (χ1n) is 2.92. The standard InChI is InChI=1S/C6H4F2INO2/c7-5(8)2-1-10-6(12)3(9)4(2)11/h1,5H,(H2,10,11,12). The molecule has 0 saturated heterocycles. The highest BCUT2D eigenvalue weighted by Gasteiger charge is 2.16. The number of H-pyrrole nitrogens is 1. The van der Waals surface area contributed by atoms with Crippen molar-refractivity contribution >= 4 is 22.6 Å². The molecule has 0 spiro atoms. The number of rotatable bonds is 1. The van der Waals surface area contributed by atoms with Gasteiger partial charge in [0.1, 0.15) is 9.32 Å². The second kappa shape index (κ2) is 3.38. The molecule has 1 heterocycles. The van der Waals surface area contributed by atoms with Crippen LogP contribution in [0.3, 0.4) is 0 Å². The fourth-order valence-corrected chi connectivity index (χ4v) is 1.14. The van der Waals surface area contributed by atoms with Gasteiger partial charge < -0.3 is 10.1 Å². The number of halogens is 3. The maximum absolute atomic E-state index is 12.1. The lowest BCUT2D eigenvalue weighted by atomic mass is 10.3. The van der Waals surface area contributed by atoms with Gasteiger partial charge in [0.25, 0.3) is 12.0 Å². The fraction of sp³-hybridized carbons (Fsp3) is 0.167. The number of alkyl halides is 2. The second-order valence-corrected chi connectivity index (χ2v) is 3.12. The third-order valence-electron chi connectivity index (χ3n) is 1.27. The molecule has 0 radical (unpaired) electrons. The van der Waals surface area contributed by atoms with Crippen LogP contribution >= 0.6 is 22.6 Å². The summed E-state index contributed by atoms with van der Waals surface area (Å²) in [6, 6.07) is 0. The van der Waals surface area contributed by atoms with E-state index in [1.807, 2.05) is 0 Å². The maximum atomic E-state index is 12.1. The van der Waals surface area contributed by atoms with Crippen molar-refractivity contribution in [1.82, 2.24) is 4.98 Å². The summed E-state index contributed by atoms with van der Waals surface area (Å²) in [5.74, 6) is -0.644. The predicted octanol–water partition coefficient (Wildman–Crippen LogP) is 1.62.